The number of hydrogen-bond acceptors (Lipinski definition) is 9. The van der Waals surface area contributed by atoms with Gasteiger partial charge in [-0.05, 0) is 25.5 Å². The van der Waals surface area contributed by atoms with E-state index in [-0.39, 0.29) is 11.6 Å². The maximum atomic E-state index is 12.6. The standard InChI is InChI=1S/C15H12N4O5S2/c1-3-24-15(21)12-8(2)11-13(26-12)16-7-18(14(11)20)17-6-9-4-5-10(25-9)19(22)23/h4-7H,3H2,1-2H3. The van der Waals surface area contributed by atoms with Crippen LogP contribution in [0.3, 0.4) is 0 Å². The summed E-state index contributed by atoms with van der Waals surface area (Å²) in [6.45, 7) is 3.60. The second kappa shape index (κ2) is 7.14. The van der Waals surface area contributed by atoms with E-state index in [2.05, 4.69) is 10.1 Å². The summed E-state index contributed by atoms with van der Waals surface area (Å²) in [7, 11) is 0. The Labute approximate surface area is 154 Å². The van der Waals surface area contributed by atoms with Crippen molar-refractivity contribution in [2.75, 3.05) is 6.61 Å². The highest BCUT2D eigenvalue weighted by atomic mass is 32.1. The van der Waals surface area contributed by atoms with Gasteiger partial charge in [0, 0.05) is 6.07 Å². The second-order valence-corrected chi connectivity index (χ2v) is 7.12. The molecule has 0 aliphatic carbocycles. The van der Waals surface area contributed by atoms with E-state index in [0.29, 0.717) is 25.5 Å². The lowest BCUT2D eigenvalue weighted by Gasteiger charge is -1.99. The molecule has 3 rings (SSSR count). The summed E-state index contributed by atoms with van der Waals surface area (Å²) in [4.78, 5) is 40.3. The van der Waals surface area contributed by atoms with Crippen molar-refractivity contribution in [3.05, 3.63) is 54.2 Å². The van der Waals surface area contributed by atoms with E-state index in [9.17, 15) is 19.7 Å². The first kappa shape index (κ1) is 17.9. The van der Waals surface area contributed by atoms with E-state index in [1.54, 1.807) is 13.8 Å². The Hall–Kier alpha value is -2.92. The van der Waals surface area contributed by atoms with E-state index < -0.39 is 16.5 Å². The molecule has 134 valence electrons. The van der Waals surface area contributed by atoms with Crippen LogP contribution in [0.4, 0.5) is 5.00 Å². The average Bonchev–Trinajstić information content (AvgIpc) is 3.20. The normalized spacial score (nSPS) is 11.3. The molecule has 3 heterocycles. The molecule has 11 heteroatoms. The molecule has 0 fully saturated rings. The molecule has 0 bridgehead atoms. The third-order valence-corrected chi connectivity index (χ3v) is 5.55. The van der Waals surface area contributed by atoms with Crippen molar-refractivity contribution in [2.45, 2.75) is 13.8 Å². The van der Waals surface area contributed by atoms with Gasteiger partial charge in [-0.2, -0.15) is 9.78 Å². The Morgan fingerprint density at radius 1 is 1.46 bits per heavy atom. The highest BCUT2D eigenvalue weighted by Gasteiger charge is 2.20. The van der Waals surface area contributed by atoms with Crippen LogP contribution in [0.15, 0.2) is 28.4 Å². The first-order valence-corrected chi connectivity index (χ1v) is 9.02. The molecular weight excluding hydrogens is 380 g/mol. The fourth-order valence-corrected chi connectivity index (χ4v) is 3.94. The molecule has 0 aliphatic heterocycles. The Kier molecular flexibility index (Phi) is 4.91. The highest BCUT2D eigenvalue weighted by molar-refractivity contribution is 7.20. The number of rotatable bonds is 5. The van der Waals surface area contributed by atoms with Gasteiger partial charge in [0.25, 0.3) is 5.56 Å². The molecule has 0 aliphatic rings. The fraction of sp³-hybridized carbons (Fsp3) is 0.200. The summed E-state index contributed by atoms with van der Waals surface area (Å²) in [5, 5.41) is 15.0. The third kappa shape index (κ3) is 3.26. The molecule has 9 nitrogen and oxygen atoms in total. The molecule has 26 heavy (non-hydrogen) atoms. The molecule has 0 radical (unpaired) electrons. The number of fused-ring (bicyclic) bond motifs is 1. The van der Waals surface area contributed by atoms with Crippen molar-refractivity contribution < 1.29 is 14.5 Å². The summed E-state index contributed by atoms with van der Waals surface area (Å²) in [6.07, 6.45) is 2.59. The first-order valence-electron chi connectivity index (χ1n) is 7.38. The zero-order valence-corrected chi connectivity index (χ0v) is 15.3. The van der Waals surface area contributed by atoms with Gasteiger partial charge in [-0.25, -0.2) is 9.78 Å². The van der Waals surface area contributed by atoms with Gasteiger partial charge in [0.1, 0.15) is 16.0 Å². The Morgan fingerprint density at radius 2 is 2.23 bits per heavy atom. The summed E-state index contributed by atoms with van der Waals surface area (Å²) in [5.74, 6) is -0.492. The quantitative estimate of drug-likeness (QED) is 0.285. The van der Waals surface area contributed by atoms with E-state index in [0.717, 1.165) is 27.3 Å². The van der Waals surface area contributed by atoms with Crippen LogP contribution in [0.5, 0.6) is 0 Å². The minimum absolute atomic E-state index is 0.0138. The molecule has 3 aromatic rings. The van der Waals surface area contributed by atoms with E-state index in [1.807, 2.05) is 0 Å². The first-order chi connectivity index (χ1) is 12.4. The van der Waals surface area contributed by atoms with Gasteiger partial charge >= 0.3 is 11.0 Å². The average molecular weight is 392 g/mol. The van der Waals surface area contributed by atoms with Crippen LogP contribution >= 0.6 is 22.7 Å². The fourth-order valence-electron chi connectivity index (χ4n) is 2.22. The number of carbonyl (C=O) groups excluding carboxylic acids is 1. The molecular formula is C15H12N4O5S2. The molecule has 0 aromatic carbocycles. The zero-order chi connectivity index (χ0) is 18.8. The highest BCUT2D eigenvalue weighted by Crippen LogP contribution is 2.27. The predicted molar refractivity (Wildman–Crippen MR) is 98.5 cm³/mol. The van der Waals surface area contributed by atoms with Gasteiger partial charge in [-0.15, -0.1) is 11.3 Å². The van der Waals surface area contributed by atoms with Crippen LogP contribution in [0.25, 0.3) is 10.2 Å². The summed E-state index contributed by atoms with van der Waals surface area (Å²) in [6, 6.07) is 2.91. The number of nitrogens with zero attached hydrogens (tertiary/aromatic N) is 4. The molecule has 0 N–H and O–H groups in total. The number of aryl methyl sites for hydroxylation is 1. The van der Waals surface area contributed by atoms with Crippen molar-refractivity contribution in [1.29, 1.82) is 0 Å². The zero-order valence-electron chi connectivity index (χ0n) is 13.7. The molecule has 3 aromatic heterocycles. The number of ether oxygens (including phenoxy) is 1. The van der Waals surface area contributed by atoms with Crippen LogP contribution in [-0.2, 0) is 4.74 Å². The van der Waals surface area contributed by atoms with Gasteiger partial charge in [0.2, 0.25) is 0 Å². The number of aromatic nitrogens is 2. The van der Waals surface area contributed by atoms with Crippen molar-refractivity contribution >= 4 is 50.1 Å². The van der Waals surface area contributed by atoms with E-state index in [1.165, 1.54) is 24.7 Å². The molecule has 0 atom stereocenters. The lowest BCUT2D eigenvalue weighted by atomic mass is 10.2. The lowest BCUT2D eigenvalue weighted by molar-refractivity contribution is -0.380. The third-order valence-electron chi connectivity index (χ3n) is 3.40. The van der Waals surface area contributed by atoms with Crippen LogP contribution in [0, 0.1) is 17.0 Å². The molecule has 0 saturated heterocycles. The summed E-state index contributed by atoms with van der Waals surface area (Å²) >= 11 is 2.04. The van der Waals surface area contributed by atoms with E-state index >= 15 is 0 Å². The van der Waals surface area contributed by atoms with Crippen LogP contribution in [0.1, 0.15) is 27.0 Å². The number of carbonyl (C=O) groups is 1. The van der Waals surface area contributed by atoms with Crippen molar-refractivity contribution in [3.63, 3.8) is 0 Å². The summed E-state index contributed by atoms with van der Waals surface area (Å²) < 4.78 is 6.02. The SMILES string of the molecule is CCOC(=O)c1sc2ncn(N=Cc3ccc([N+](=O)[O-])s3)c(=O)c2c1C. The Morgan fingerprint density at radius 3 is 2.88 bits per heavy atom. The van der Waals surface area contributed by atoms with Gasteiger partial charge in [0.15, 0.2) is 0 Å². The number of thiophene rings is 2. The van der Waals surface area contributed by atoms with Gasteiger partial charge in [-0.1, -0.05) is 11.3 Å². The monoisotopic (exact) mass is 392 g/mol. The number of nitro groups is 1. The van der Waals surface area contributed by atoms with Crippen LogP contribution in [0.2, 0.25) is 0 Å². The number of esters is 1. The molecule has 0 amide bonds. The topological polar surface area (TPSA) is 117 Å². The Bertz CT molecular complexity index is 1100. The van der Waals surface area contributed by atoms with Gasteiger partial charge < -0.3 is 4.74 Å². The maximum absolute atomic E-state index is 12.6. The smallest absolute Gasteiger partial charge is 0.348 e. The molecule has 0 spiro atoms. The lowest BCUT2D eigenvalue weighted by Crippen LogP contribution is -2.17. The summed E-state index contributed by atoms with van der Waals surface area (Å²) in [5.41, 5.74) is 0.0684. The minimum Gasteiger partial charge on any atom is -0.462 e. The van der Waals surface area contributed by atoms with Gasteiger partial charge in [-0.3, -0.25) is 14.9 Å². The van der Waals surface area contributed by atoms with E-state index in [4.69, 9.17) is 4.74 Å². The van der Waals surface area contributed by atoms with Crippen LogP contribution in [-0.4, -0.2) is 33.4 Å². The second-order valence-electron chi connectivity index (χ2n) is 5.03. The maximum Gasteiger partial charge on any atom is 0.348 e. The van der Waals surface area contributed by atoms with Crippen molar-refractivity contribution in [2.24, 2.45) is 5.10 Å². The molecule has 0 saturated carbocycles. The Balaban J connectivity index is 1.99. The van der Waals surface area contributed by atoms with Crippen molar-refractivity contribution in [3.8, 4) is 0 Å². The van der Waals surface area contributed by atoms with Crippen LogP contribution < -0.4 is 5.56 Å². The molecule has 0 unspecified atom stereocenters. The minimum atomic E-state index is -0.493. The largest absolute Gasteiger partial charge is 0.462 e. The number of hydrogen-bond donors (Lipinski definition) is 0. The predicted octanol–water partition coefficient (Wildman–Crippen LogP) is 2.80. The van der Waals surface area contributed by atoms with Crippen molar-refractivity contribution in [1.82, 2.24) is 9.66 Å². The van der Waals surface area contributed by atoms with Gasteiger partial charge in [0.05, 0.1) is 28.0 Å².